The monoisotopic (exact) mass is 384 g/mol. The van der Waals surface area contributed by atoms with Gasteiger partial charge in [0.05, 0.1) is 9.82 Å². The van der Waals surface area contributed by atoms with Gasteiger partial charge in [0.1, 0.15) is 24.8 Å². The minimum absolute atomic E-state index is 0.0352. The van der Waals surface area contributed by atoms with Gasteiger partial charge in [0.2, 0.25) is 10.0 Å². The van der Waals surface area contributed by atoms with E-state index in [0.717, 1.165) is 22.5 Å². The van der Waals surface area contributed by atoms with E-state index < -0.39 is 20.8 Å². The van der Waals surface area contributed by atoms with Crippen LogP contribution in [-0.2, 0) is 10.0 Å². The summed E-state index contributed by atoms with van der Waals surface area (Å²) in [5, 5.41) is 10.9. The topological polar surface area (TPSA) is 99.0 Å². The number of ether oxygens (including phenoxy) is 2. The highest BCUT2D eigenvalue weighted by Gasteiger charge is 2.17. The summed E-state index contributed by atoms with van der Waals surface area (Å²) in [6.07, 6.45) is 0. The average molecular weight is 384 g/mol. The zero-order valence-corrected chi connectivity index (χ0v) is 14.9. The molecule has 8 nitrogen and oxygen atoms in total. The van der Waals surface area contributed by atoms with Gasteiger partial charge in [0.15, 0.2) is 5.75 Å². The normalized spacial score (nSPS) is 11.4. The molecule has 0 fully saturated rings. The number of nitrogens with zero attached hydrogens (tertiary/aromatic N) is 2. The molecule has 10 heteroatoms. The molecule has 140 valence electrons. The summed E-state index contributed by atoms with van der Waals surface area (Å²) in [5.74, 6) is -0.435. The van der Waals surface area contributed by atoms with Crippen molar-refractivity contribution in [1.82, 2.24) is 4.31 Å². The summed E-state index contributed by atoms with van der Waals surface area (Å²) in [7, 11) is -0.652. The van der Waals surface area contributed by atoms with Crippen LogP contribution in [0.25, 0.3) is 0 Å². The van der Waals surface area contributed by atoms with Crippen LogP contribution in [-0.4, -0.2) is 45.0 Å². The summed E-state index contributed by atoms with van der Waals surface area (Å²) in [4.78, 5) is 10.3. The molecule has 2 aromatic carbocycles. The Hall–Kier alpha value is -2.72. The van der Waals surface area contributed by atoms with Crippen molar-refractivity contribution < 1.29 is 27.2 Å². The number of rotatable bonds is 8. The van der Waals surface area contributed by atoms with Crippen molar-refractivity contribution in [3.05, 3.63) is 58.4 Å². The van der Waals surface area contributed by atoms with Crippen molar-refractivity contribution in [2.24, 2.45) is 0 Å². The van der Waals surface area contributed by atoms with Gasteiger partial charge in [-0.05, 0) is 30.3 Å². The Morgan fingerprint density at radius 2 is 1.69 bits per heavy atom. The number of sulfonamides is 1. The number of nitro benzene ring substituents is 1. The van der Waals surface area contributed by atoms with E-state index in [2.05, 4.69) is 0 Å². The molecule has 0 amide bonds. The minimum atomic E-state index is -3.52. The van der Waals surface area contributed by atoms with Crippen molar-refractivity contribution in [2.75, 3.05) is 27.3 Å². The van der Waals surface area contributed by atoms with E-state index in [1.807, 2.05) is 0 Å². The maximum absolute atomic E-state index is 13.2. The molecule has 0 atom stereocenters. The number of halogens is 1. The van der Waals surface area contributed by atoms with Crippen LogP contribution in [0.2, 0.25) is 0 Å². The van der Waals surface area contributed by atoms with Crippen LogP contribution in [0, 0.1) is 15.9 Å². The maximum Gasteiger partial charge on any atom is 0.311 e. The van der Waals surface area contributed by atoms with Crippen LogP contribution >= 0.6 is 0 Å². The Balaban J connectivity index is 1.93. The summed E-state index contributed by atoms with van der Waals surface area (Å²) in [5.41, 5.74) is -0.343. The van der Waals surface area contributed by atoms with Crippen LogP contribution in [0.3, 0.4) is 0 Å². The largest absolute Gasteiger partial charge is 0.490 e. The molecule has 0 saturated carbocycles. The zero-order valence-electron chi connectivity index (χ0n) is 14.1. The molecule has 0 unspecified atom stereocenters. The van der Waals surface area contributed by atoms with Crippen molar-refractivity contribution in [2.45, 2.75) is 4.90 Å². The van der Waals surface area contributed by atoms with Crippen molar-refractivity contribution in [3.8, 4) is 11.5 Å². The fourth-order valence-electron chi connectivity index (χ4n) is 1.98. The fourth-order valence-corrected chi connectivity index (χ4v) is 2.89. The molecular formula is C16H17FN2O6S. The van der Waals surface area contributed by atoms with Gasteiger partial charge in [0.25, 0.3) is 0 Å². The molecule has 0 aliphatic heterocycles. The standard InChI is InChI=1S/C16H17FN2O6S/c1-18(2)26(22,23)14-6-4-13(5-7-14)24-9-10-25-16-11-12(17)3-8-15(16)19(20)21/h3-8,11H,9-10H2,1-2H3. The summed E-state index contributed by atoms with van der Waals surface area (Å²) < 4.78 is 48.8. The Kier molecular flexibility index (Phi) is 6.11. The Bertz CT molecular complexity index is 884. The highest BCUT2D eigenvalue weighted by molar-refractivity contribution is 7.89. The second-order valence-electron chi connectivity index (χ2n) is 5.32. The van der Waals surface area contributed by atoms with Crippen molar-refractivity contribution >= 4 is 15.7 Å². The highest BCUT2D eigenvalue weighted by atomic mass is 32.2. The minimum Gasteiger partial charge on any atom is -0.490 e. The van der Waals surface area contributed by atoms with Crippen LogP contribution in [0.4, 0.5) is 10.1 Å². The smallest absolute Gasteiger partial charge is 0.311 e. The molecule has 0 saturated heterocycles. The molecule has 2 aromatic rings. The average Bonchev–Trinajstić information content (AvgIpc) is 2.58. The predicted molar refractivity (Wildman–Crippen MR) is 91.4 cm³/mol. The SMILES string of the molecule is CN(C)S(=O)(=O)c1ccc(OCCOc2cc(F)ccc2[N+](=O)[O-])cc1. The van der Waals surface area contributed by atoms with Crippen LogP contribution < -0.4 is 9.47 Å². The third kappa shape index (κ3) is 4.67. The molecule has 0 aliphatic carbocycles. The molecule has 2 rings (SSSR count). The van der Waals surface area contributed by atoms with Gasteiger partial charge < -0.3 is 9.47 Å². The Morgan fingerprint density at radius 3 is 2.27 bits per heavy atom. The second kappa shape index (κ2) is 8.11. The number of benzene rings is 2. The first kappa shape index (κ1) is 19.6. The van der Waals surface area contributed by atoms with Gasteiger partial charge in [-0.3, -0.25) is 10.1 Å². The zero-order chi connectivity index (χ0) is 19.3. The van der Waals surface area contributed by atoms with E-state index in [9.17, 15) is 22.9 Å². The van der Waals surface area contributed by atoms with E-state index in [0.29, 0.717) is 5.75 Å². The molecule has 26 heavy (non-hydrogen) atoms. The lowest BCUT2D eigenvalue weighted by Gasteiger charge is -2.12. The predicted octanol–water partition coefficient (Wildman–Crippen LogP) is 2.44. The molecule has 0 heterocycles. The van der Waals surface area contributed by atoms with E-state index in [1.165, 1.54) is 38.4 Å². The number of nitro groups is 1. The third-order valence-electron chi connectivity index (χ3n) is 3.33. The van der Waals surface area contributed by atoms with Crippen LogP contribution in [0.15, 0.2) is 47.4 Å². The molecular weight excluding hydrogens is 367 g/mol. The van der Waals surface area contributed by atoms with Crippen molar-refractivity contribution in [3.63, 3.8) is 0 Å². The lowest BCUT2D eigenvalue weighted by Crippen LogP contribution is -2.22. The van der Waals surface area contributed by atoms with Gasteiger partial charge in [-0.2, -0.15) is 0 Å². The second-order valence-corrected chi connectivity index (χ2v) is 7.48. The van der Waals surface area contributed by atoms with E-state index in [1.54, 1.807) is 0 Å². The molecule has 0 radical (unpaired) electrons. The van der Waals surface area contributed by atoms with E-state index in [4.69, 9.17) is 9.47 Å². The Labute approximate surface area is 150 Å². The first-order chi connectivity index (χ1) is 12.2. The third-order valence-corrected chi connectivity index (χ3v) is 5.16. The quantitative estimate of drug-likeness (QED) is 0.394. The summed E-state index contributed by atoms with van der Waals surface area (Å²) in [6, 6.07) is 8.72. The number of hydrogen-bond acceptors (Lipinski definition) is 6. The van der Waals surface area contributed by atoms with Crippen LogP contribution in [0.5, 0.6) is 11.5 Å². The fraction of sp³-hybridized carbons (Fsp3) is 0.250. The Morgan fingerprint density at radius 1 is 1.08 bits per heavy atom. The molecule has 0 spiro atoms. The van der Waals surface area contributed by atoms with Crippen molar-refractivity contribution in [1.29, 1.82) is 0 Å². The lowest BCUT2D eigenvalue weighted by atomic mass is 10.3. The van der Waals surface area contributed by atoms with Crippen LogP contribution in [0.1, 0.15) is 0 Å². The maximum atomic E-state index is 13.2. The van der Waals surface area contributed by atoms with Gasteiger partial charge in [0, 0.05) is 26.2 Å². The van der Waals surface area contributed by atoms with Gasteiger partial charge in [-0.1, -0.05) is 0 Å². The number of hydrogen-bond donors (Lipinski definition) is 0. The van der Waals surface area contributed by atoms with E-state index >= 15 is 0 Å². The van der Waals surface area contributed by atoms with E-state index in [-0.39, 0.29) is 29.5 Å². The highest BCUT2D eigenvalue weighted by Crippen LogP contribution is 2.27. The molecule has 0 N–H and O–H groups in total. The lowest BCUT2D eigenvalue weighted by molar-refractivity contribution is -0.385. The van der Waals surface area contributed by atoms with Gasteiger partial charge in [-0.25, -0.2) is 17.1 Å². The van der Waals surface area contributed by atoms with Gasteiger partial charge in [-0.15, -0.1) is 0 Å². The summed E-state index contributed by atoms with van der Waals surface area (Å²) in [6.45, 7) is -0.0184. The first-order valence-electron chi connectivity index (χ1n) is 7.44. The van der Waals surface area contributed by atoms with Gasteiger partial charge >= 0.3 is 5.69 Å². The molecule has 0 aromatic heterocycles. The molecule has 0 bridgehead atoms. The first-order valence-corrected chi connectivity index (χ1v) is 8.88. The molecule has 0 aliphatic rings. The summed E-state index contributed by atoms with van der Waals surface area (Å²) >= 11 is 0.